The average molecular weight is 281 g/mol. The molecule has 0 atom stereocenters. The summed E-state index contributed by atoms with van der Waals surface area (Å²) in [7, 11) is 0. The SMILES string of the molecule is O=C(O)CCc1ccc(C#CCCBr)cc1. The van der Waals surface area contributed by atoms with Crippen LogP contribution in [0.4, 0.5) is 0 Å². The van der Waals surface area contributed by atoms with Crippen molar-refractivity contribution in [3.05, 3.63) is 35.4 Å². The number of alkyl halides is 1. The minimum Gasteiger partial charge on any atom is -0.481 e. The molecule has 1 aromatic carbocycles. The predicted molar refractivity (Wildman–Crippen MR) is 67.7 cm³/mol. The Kier molecular flexibility index (Phi) is 5.66. The largest absolute Gasteiger partial charge is 0.481 e. The van der Waals surface area contributed by atoms with Crippen molar-refractivity contribution in [1.82, 2.24) is 0 Å². The lowest BCUT2D eigenvalue weighted by Gasteiger charge is -1.98. The molecule has 0 saturated carbocycles. The first-order valence-electron chi connectivity index (χ1n) is 5.08. The fourth-order valence-electron chi connectivity index (χ4n) is 1.22. The van der Waals surface area contributed by atoms with Crippen molar-refractivity contribution < 1.29 is 9.90 Å². The van der Waals surface area contributed by atoms with Crippen molar-refractivity contribution in [2.24, 2.45) is 0 Å². The van der Waals surface area contributed by atoms with Gasteiger partial charge < -0.3 is 5.11 Å². The van der Waals surface area contributed by atoms with Crippen molar-refractivity contribution >= 4 is 21.9 Å². The summed E-state index contributed by atoms with van der Waals surface area (Å²) in [5, 5.41) is 9.43. The van der Waals surface area contributed by atoms with Gasteiger partial charge in [0.05, 0.1) is 0 Å². The number of rotatable bonds is 4. The molecule has 3 heteroatoms. The van der Waals surface area contributed by atoms with E-state index in [1.165, 1.54) is 0 Å². The summed E-state index contributed by atoms with van der Waals surface area (Å²) in [6, 6.07) is 7.72. The van der Waals surface area contributed by atoms with E-state index >= 15 is 0 Å². The number of aryl methyl sites for hydroxylation is 1. The lowest BCUT2D eigenvalue weighted by atomic mass is 10.1. The third kappa shape index (κ3) is 4.99. The molecule has 0 aliphatic carbocycles. The van der Waals surface area contributed by atoms with E-state index in [1.54, 1.807) is 0 Å². The van der Waals surface area contributed by atoms with Gasteiger partial charge in [0.25, 0.3) is 0 Å². The van der Waals surface area contributed by atoms with E-state index in [4.69, 9.17) is 5.11 Å². The van der Waals surface area contributed by atoms with Crippen LogP contribution in [0.25, 0.3) is 0 Å². The molecule has 0 aromatic heterocycles. The lowest BCUT2D eigenvalue weighted by molar-refractivity contribution is -0.136. The van der Waals surface area contributed by atoms with Gasteiger partial charge in [0.1, 0.15) is 0 Å². The van der Waals surface area contributed by atoms with Crippen molar-refractivity contribution in [2.75, 3.05) is 5.33 Å². The molecule has 16 heavy (non-hydrogen) atoms. The van der Waals surface area contributed by atoms with Gasteiger partial charge in [-0.25, -0.2) is 0 Å². The molecule has 2 nitrogen and oxygen atoms in total. The van der Waals surface area contributed by atoms with Crippen molar-refractivity contribution in [2.45, 2.75) is 19.3 Å². The Bertz CT molecular complexity index is 398. The van der Waals surface area contributed by atoms with Gasteiger partial charge in [-0.05, 0) is 24.1 Å². The van der Waals surface area contributed by atoms with Crippen LogP contribution < -0.4 is 0 Å². The summed E-state index contributed by atoms with van der Waals surface area (Å²) in [6.45, 7) is 0. The van der Waals surface area contributed by atoms with Gasteiger partial charge in [0.15, 0.2) is 0 Å². The van der Waals surface area contributed by atoms with Gasteiger partial charge in [-0.2, -0.15) is 0 Å². The normalized spacial score (nSPS) is 9.31. The van der Waals surface area contributed by atoms with Gasteiger partial charge in [-0.3, -0.25) is 4.79 Å². The molecule has 0 fully saturated rings. The second-order valence-corrected chi connectivity index (χ2v) is 4.12. The van der Waals surface area contributed by atoms with Gasteiger partial charge in [-0.1, -0.05) is 39.9 Å². The van der Waals surface area contributed by atoms with Gasteiger partial charge in [0.2, 0.25) is 0 Å². The highest BCUT2D eigenvalue weighted by atomic mass is 79.9. The molecular weight excluding hydrogens is 268 g/mol. The molecular formula is C13H13BrO2. The zero-order valence-corrected chi connectivity index (χ0v) is 10.5. The van der Waals surface area contributed by atoms with E-state index in [-0.39, 0.29) is 6.42 Å². The Labute approximate surface area is 104 Å². The molecule has 0 unspecified atom stereocenters. The van der Waals surface area contributed by atoms with Crippen LogP contribution in [-0.2, 0) is 11.2 Å². The van der Waals surface area contributed by atoms with Crippen LogP contribution in [0.15, 0.2) is 24.3 Å². The Morgan fingerprint density at radius 2 is 2.00 bits per heavy atom. The molecule has 1 rings (SSSR count). The first kappa shape index (κ1) is 12.8. The third-order valence-corrected chi connectivity index (χ3v) is 2.43. The minimum absolute atomic E-state index is 0.175. The second-order valence-electron chi connectivity index (χ2n) is 3.33. The average Bonchev–Trinajstić information content (AvgIpc) is 2.28. The fraction of sp³-hybridized carbons (Fsp3) is 0.308. The van der Waals surface area contributed by atoms with Gasteiger partial charge in [-0.15, -0.1) is 0 Å². The number of aliphatic carboxylic acids is 1. The molecule has 1 aromatic rings. The Morgan fingerprint density at radius 1 is 1.31 bits per heavy atom. The van der Waals surface area contributed by atoms with E-state index in [0.29, 0.717) is 6.42 Å². The Hall–Kier alpha value is -1.27. The van der Waals surface area contributed by atoms with Crippen LogP contribution in [-0.4, -0.2) is 16.4 Å². The van der Waals surface area contributed by atoms with Crippen molar-refractivity contribution in [3.8, 4) is 11.8 Å². The zero-order valence-electron chi connectivity index (χ0n) is 8.87. The van der Waals surface area contributed by atoms with Gasteiger partial charge >= 0.3 is 5.97 Å². The molecule has 84 valence electrons. The first-order chi connectivity index (χ1) is 7.72. The van der Waals surface area contributed by atoms with Crippen LogP contribution >= 0.6 is 15.9 Å². The smallest absolute Gasteiger partial charge is 0.303 e. The molecule has 0 bridgehead atoms. The Balaban J connectivity index is 2.55. The maximum Gasteiger partial charge on any atom is 0.303 e. The molecule has 0 radical (unpaired) electrons. The molecule has 0 spiro atoms. The highest BCUT2D eigenvalue weighted by molar-refractivity contribution is 9.09. The van der Waals surface area contributed by atoms with Crippen molar-refractivity contribution in [3.63, 3.8) is 0 Å². The molecule has 0 aliphatic heterocycles. The first-order valence-corrected chi connectivity index (χ1v) is 6.20. The van der Waals surface area contributed by atoms with Crippen LogP contribution in [0, 0.1) is 11.8 Å². The van der Waals surface area contributed by atoms with E-state index in [1.807, 2.05) is 24.3 Å². The number of halogens is 1. The number of hydrogen-bond donors (Lipinski definition) is 1. The van der Waals surface area contributed by atoms with Crippen molar-refractivity contribution in [1.29, 1.82) is 0 Å². The van der Waals surface area contributed by atoms with Gasteiger partial charge in [0, 0.05) is 23.7 Å². The highest BCUT2D eigenvalue weighted by Crippen LogP contribution is 2.06. The number of carbonyl (C=O) groups is 1. The second kappa shape index (κ2) is 7.08. The number of benzene rings is 1. The van der Waals surface area contributed by atoms with Crippen LogP contribution in [0.3, 0.4) is 0 Å². The maximum atomic E-state index is 10.4. The molecule has 0 aliphatic rings. The number of hydrogen-bond acceptors (Lipinski definition) is 1. The van der Waals surface area contributed by atoms with E-state index in [2.05, 4.69) is 27.8 Å². The maximum absolute atomic E-state index is 10.4. The number of carboxylic acid groups (broad SMARTS) is 1. The molecule has 0 amide bonds. The van der Waals surface area contributed by atoms with E-state index in [9.17, 15) is 4.79 Å². The van der Waals surface area contributed by atoms with Crippen LogP contribution in [0.5, 0.6) is 0 Å². The standard InChI is InChI=1S/C13H13BrO2/c14-10-2-1-3-11-4-6-12(7-5-11)8-9-13(15)16/h4-7H,2,8-10H2,(H,15,16). The molecule has 0 saturated heterocycles. The van der Waals surface area contributed by atoms with E-state index in [0.717, 1.165) is 22.9 Å². The summed E-state index contributed by atoms with van der Waals surface area (Å²) in [4.78, 5) is 10.4. The molecule has 1 N–H and O–H groups in total. The summed E-state index contributed by atoms with van der Waals surface area (Å²) >= 11 is 3.31. The summed E-state index contributed by atoms with van der Waals surface area (Å²) in [5.41, 5.74) is 2.01. The lowest BCUT2D eigenvalue weighted by Crippen LogP contribution is -1.97. The third-order valence-electron chi connectivity index (χ3n) is 2.03. The quantitative estimate of drug-likeness (QED) is 0.680. The van der Waals surface area contributed by atoms with Crippen LogP contribution in [0.2, 0.25) is 0 Å². The topological polar surface area (TPSA) is 37.3 Å². The monoisotopic (exact) mass is 280 g/mol. The fourth-order valence-corrected chi connectivity index (χ4v) is 1.42. The van der Waals surface area contributed by atoms with E-state index < -0.39 is 5.97 Å². The zero-order chi connectivity index (χ0) is 11.8. The summed E-state index contributed by atoms with van der Waals surface area (Å²) in [6.07, 6.45) is 1.58. The number of carboxylic acids is 1. The minimum atomic E-state index is -0.763. The predicted octanol–water partition coefficient (Wildman–Crippen LogP) is 2.84. The summed E-state index contributed by atoms with van der Waals surface area (Å²) in [5.74, 6) is 5.31. The summed E-state index contributed by atoms with van der Waals surface area (Å²) < 4.78 is 0. The highest BCUT2D eigenvalue weighted by Gasteiger charge is 1.98. The molecule has 0 heterocycles. The van der Waals surface area contributed by atoms with Crippen LogP contribution in [0.1, 0.15) is 24.0 Å². The Morgan fingerprint density at radius 3 is 2.56 bits per heavy atom.